The summed E-state index contributed by atoms with van der Waals surface area (Å²) >= 11 is 1.41. The van der Waals surface area contributed by atoms with Gasteiger partial charge in [-0.15, -0.1) is 11.3 Å². The zero-order valence-corrected chi connectivity index (χ0v) is 13.8. The quantitative estimate of drug-likeness (QED) is 0.940. The summed E-state index contributed by atoms with van der Waals surface area (Å²) in [6.07, 6.45) is 2.20. The molecular weight excluding hydrogens is 299 g/mol. The van der Waals surface area contributed by atoms with Gasteiger partial charge in [0.25, 0.3) is 5.91 Å². The molecule has 1 aromatic carbocycles. The number of carbonyl (C=O) groups is 1. The van der Waals surface area contributed by atoms with Gasteiger partial charge >= 0.3 is 0 Å². The molecule has 1 N–H and O–H groups in total. The molecule has 2 heterocycles. The molecule has 1 aliphatic rings. The van der Waals surface area contributed by atoms with Crippen molar-refractivity contribution in [3.63, 3.8) is 0 Å². The zero-order chi connectivity index (χ0) is 15.7. The van der Waals surface area contributed by atoms with Crippen molar-refractivity contribution in [1.29, 1.82) is 0 Å². The molecule has 0 radical (unpaired) electrons. The molecule has 1 fully saturated rings. The summed E-state index contributed by atoms with van der Waals surface area (Å²) in [6.45, 7) is 4.37. The summed E-state index contributed by atoms with van der Waals surface area (Å²) in [6, 6.07) is 5.04. The summed E-state index contributed by atoms with van der Waals surface area (Å²) < 4.78 is 14.9. The molecule has 1 unspecified atom stereocenters. The lowest BCUT2D eigenvalue weighted by molar-refractivity contribution is 0.0678. The molecule has 0 spiro atoms. The largest absolute Gasteiger partial charge is 0.338 e. The standard InChI is InChI=1S/C17H21FN2OS/c1-11-15-13(18)6-3-7-14(15)22-16(11)17(21)20-8-4-5-12(10-20)9-19-2/h3,6-7,12,19H,4-5,8-10H2,1-2H3. The summed E-state index contributed by atoms with van der Waals surface area (Å²) in [7, 11) is 1.94. The van der Waals surface area contributed by atoms with Crippen LogP contribution in [0.2, 0.25) is 0 Å². The normalized spacial score (nSPS) is 18.9. The predicted octanol–water partition coefficient (Wildman–Crippen LogP) is 3.42. The van der Waals surface area contributed by atoms with E-state index in [4.69, 9.17) is 0 Å². The molecule has 2 aromatic rings. The van der Waals surface area contributed by atoms with Crippen LogP contribution in [0.3, 0.4) is 0 Å². The third-order valence-electron chi connectivity index (χ3n) is 4.40. The van der Waals surface area contributed by atoms with Crippen LogP contribution in [-0.4, -0.2) is 37.5 Å². The van der Waals surface area contributed by atoms with Crippen LogP contribution in [0, 0.1) is 18.7 Å². The summed E-state index contributed by atoms with van der Waals surface area (Å²) in [5.41, 5.74) is 0.777. The molecule has 1 aromatic heterocycles. The molecule has 5 heteroatoms. The number of amides is 1. The molecule has 1 saturated heterocycles. The maximum absolute atomic E-state index is 14.0. The topological polar surface area (TPSA) is 32.3 Å². The van der Waals surface area contributed by atoms with Gasteiger partial charge < -0.3 is 10.2 Å². The lowest BCUT2D eigenvalue weighted by Gasteiger charge is -2.32. The Morgan fingerprint density at radius 1 is 1.50 bits per heavy atom. The fourth-order valence-corrected chi connectivity index (χ4v) is 4.50. The lowest BCUT2D eigenvalue weighted by Crippen LogP contribution is -2.42. The summed E-state index contributed by atoms with van der Waals surface area (Å²) in [5.74, 6) is 0.324. The van der Waals surface area contributed by atoms with Gasteiger partial charge in [0, 0.05) is 23.2 Å². The van der Waals surface area contributed by atoms with Gasteiger partial charge in [0.2, 0.25) is 0 Å². The number of likely N-dealkylation sites (tertiary alicyclic amines) is 1. The van der Waals surface area contributed by atoms with E-state index in [1.54, 1.807) is 6.07 Å². The first-order valence-electron chi connectivity index (χ1n) is 7.73. The number of piperidine rings is 1. The number of hydrogen-bond acceptors (Lipinski definition) is 3. The van der Waals surface area contributed by atoms with Gasteiger partial charge in [-0.25, -0.2) is 4.39 Å². The smallest absolute Gasteiger partial charge is 0.264 e. The molecule has 1 amide bonds. The van der Waals surface area contributed by atoms with E-state index in [0.29, 0.717) is 16.2 Å². The summed E-state index contributed by atoms with van der Waals surface area (Å²) in [5, 5.41) is 3.79. The van der Waals surface area contributed by atoms with Crippen molar-refractivity contribution >= 4 is 27.3 Å². The van der Waals surface area contributed by atoms with Crippen LogP contribution in [0.5, 0.6) is 0 Å². The zero-order valence-electron chi connectivity index (χ0n) is 13.0. The number of carbonyl (C=O) groups excluding carboxylic acids is 1. The highest BCUT2D eigenvalue weighted by molar-refractivity contribution is 7.21. The monoisotopic (exact) mass is 320 g/mol. The Morgan fingerprint density at radius 3 is 3.05 bits per heavy atom. The molecule has 0 bridgehead atoms. The Kier molecular flexibility index (Phi) is 4.45. The number of rotatable bonds is 3. The van der Waals surface area contributed by atoms with Crippen molar-refractivity contribution in [3.8, 4) is 0 Å². The number of aryl methyl sites for hydroxylation is 1. The van der Waals surface area contributed by atoms with E-state index in [-0.39, 0.29) is 11.7 Å². The van der Waals surface area contributed by atoms with Crippen LogP contribution in [0.1, 0.15) is 28.1 Å². The van der Waals surface area contributed by atoms with E-state index < -0.39 is 0 Å². The molecule has 3 rings (SSSR count). The SMILES string of the molecule is CNCC1CCCN(C(=O)c2sc3cccc(F)c3c2C)C1. The third kappa shape index (κ3) is 2.75. The van der Waals surface area contributed by atoms with Crippen molar-refractivity contribution < 1.29 is 9.18 Å². The van der Waals surface area contributed by atoms with Crippen LogP contribution < -0.4 is 5.32 Å². The second-order valence-corrected chi connectivity index (χ2v) is 7.04. The predicted molar refractivity (Wildman–Crippen MR) is 89.1 cm³/mol. The minimum atomic E-state index is -0.239. The van der Waals surface area contributed by atoms with Gasteiger partial charge in [-0.05, 0) is 57.0 Å². The van der Waals surface area contributed by atoms with E-state index in [2.05, 4.69) is 5.32 Å². The molecule has 3 nitrogen and oxygen atoms in total. The van der Waals surface area contributed by atoms with Crippen LogP contribution in [0.25, 0.3) is 10.1 Å². The van der Waals surface area contributed by atoms with E-state index in [0.717, 1.165) is 42.7 Å². The fraction of sp³-hybridized carbons (Fsp3) is 0.471. The van der Waals surface area contributed by atoms with Gasteiger partial charge in [-0.2, -0.15) is 0 Å². The van der Waals surface area contributed by atoms with Crippen molar-refractivity contribution in [2.24, 2.45) is 5.92 Å². The average molecular weight is 320 g/mol. The first kappa shape index (κ1) is 15.4. The highest BCUT2D eigenvalue weighted by Crippen LogP contribution is 2.34. The van der Waals surface area contributed by atoms with E-state index >= 15 is 0 Å². The second kappa shape index (κ2) is 6.34. The van der Waals surface area contributed by atoms with E-state index in [9.17, 15) is 9.18 Å². The molecule has 118 valence electrons. The Bertz CT molecular complexity index is 695. The van der Waals surface area contributed by atoms with Gasteiger partial charge in [-0.3, -0.25) is 4.79 Å². The maximum Gasteiger partial charge on any atom is 0.264 e. The number of fused-ring (bicyclic) bond motifs is 1. The lowest BCUT2D eigenvalue weighted by atomic mass is 9.97. The number of halogens is 1. The van der Waals surface area contributed by atoms with E-state index in [1.807, 2.05) is 24.9 Å². The Balaban J connectivity index is 1.89. The Labute approximate surface area is 134 Å². The van der Waals surface area contributed by atoms with Crippen LogP contribution in [0.4, 0.5) is 4.39 Å². The molecule has 0 saturated carbocycles. The van der Waals surface area contributed by atoms with Gasteiger partial charge in [0.05, 0.1) is 4.88 Å². The molecule has 22 heavy (non-hydrogen) atoms. The van der Waals surface area contributed by atoms with Crippen molar-refractivity contribution in [3.05, 3.63) is 34.5 Å². The molecule has 1 aliphatic heterocycles. The molecular formula is C17H21FN2OS. The van der Waals surface area contributed by atoms with Crippen molar-refractivity contribution in [2.75, 3.05) is 26.7 Å². The van der Waals surface area contributed by atoms with Crippen molar-refractivity contribution in [2.45, 2.75) is 19.8 Å². The number of benzene rings is 1. The van der Waals surface area contributed by atoms with Crippen LogP contribution >= 0.6 is 11.3 Å². The minimum absolute atomic E-state index is 0.0545. The molecule has 0 aliphatic carbocycles. The number of nitrogens with one attached hydrogen (secondary N) is 1. The number of nitrogens with zero attached hydrogens (tertiary/aromatic N) is 1. The Hall–Kier alpha value is -1.46. The maximum atomic E-state index is 14.0. The summed E-state index contributed by atoms with van der Waals surface area (Å²) in [4.78, 5) is 15.5. The average Bonchev–Trinajstić information content (AvgIpc) is 2.85. The second-order valence-electron chi connectivity index (χ2n) is 5.99. The van der Waals surface area contributed by atoms with Crippen molar-refractivity contribution in [1.82, 2.24) is 10.2 Å². The fourth-order valence-electron chi connectivity index (χ4n) is 3.31. The third-order valence-corrected chi connectivity index (χ3v) is 5.64. The van der Waals surface area contributed by atoms with Gasteiger partial charge in [0.1, 0.15) is 5.82 Å². The van der Waals surface area contributed by atoms with Gasteiger partial charge in [0.15, 0.2) is 0 Å². The first-order valence-corrected chi connectivity index (χ1v) is 8.55. The van der Waals surface area contributed by atoms with Gasteiger partial charge in [-0.1, -0.05) is 6.07 Å². The van der Waals surface area contributed by atoms with Crippen LogP contribution in [0.15, 0.2) is 18.2 Å². The number of hydrogen-bond donors (Lipinski definition) is 1. The van der Waals surface area contributed by atoms with Crippen LogP contribution in [-0.2, 0) is 0 Å². The Morgan fingerprint density at radius 2 is 2.32 bits per heavy atom. The first-order chi connectivity index (χ1) is 10.6. The molecule has 1 atom stereocenters. The van der Waals surface area contributed by atoms with E-state index in [1.165, 1.54) is 17.4 Å². The number of thiophene rings is 1. The highest BCUT2D eigenvalue weighted by Gasteiger charge is 2.27. The minimum Gasteiger partial charge on any atom is -0.338 e. The highest BCUT2D eigenvalue weighted by atomic mass is 32.1.